The third-order valence-electron chi connectivity index (χ3n) is 2.42. The Balaban J connectivity index is 2.30. The predicted molar refractivity (Wildman–Crippen MR) is 64.5 cm³/mol. The lowest BCUT2D eigenvalue weighted by Gasteiger charge is -2.07. The summed E-state index contributed by atoms with van der Waals surface area (Å²) in [6.45, 7) is 0. The van der Waals surface area contributed by atoms with Gasteiger partial charge in [-0.25, -0.2) is 4.39 Å². The van der Waals surface area contributed by atoms with Gasteiger partial charge in [-0.2, -0.15) is 0 Å². The second-order valence-electron chi connectivity index (χ2n) is 3.62. The fourth-order valence-electron chi connectivity index (χ4n) is 1.61. The van der Waals surface area contributed by atoms with Crippen LogP contribution in [0.2, 0.25) is 0 Å². The molecule has 17 heavy (non-hydrogen) atoms. The summed E-state index contributed by atoms with van der Waals surface area (Å²) in [5.41, 5.74) is 1.95. The highest BCUT2D eigenvalue weighted by molar-refractivity contribution is 7.78. The zero-order valence-electron chi connectivity index (χ0n) is 8.93. The molecule has 0 fully saturated rings. The van der Waals surface area contributed by atoms with Gasteiger partial charge in [-0.1, -0.05) is 53.5 Å². The van der Waals surface area contributed by atoms with Crippen molar-refractivity contribution in [3.63, 3.8) is 0 Å². The van der Waals surface area contributed by atoms with Gasteiger partial charge in [-0.05, 0) is 17.2 Å². The van der Waals surface area contributed by atoms with Gasteiger partial charge in [0.15, 0.2) is 0 Å². The standard InChI is InChI=1S/C13H11FO2S/c14-13-4-2-1-3-12(13)11-7-5-10(6-8-11)9-17(15)16/h1-8H,9H2,(H,15,16)/p-1. The highest BCUT2D eigenvalue weighted by atomic mass is 32.2. The maximum atomic E-state index is 13.5. The van der Waals surface area contributed by atoms with E-state index in [1.54, 1.807) is 42.5 Å². The lowest BCUT2D eigenvalue weighted by molar-refractivity contribution is 0.536. The van der Waals surface area contributed by atoms with Crippen LogP contribution >= 0.6 is 0 Å². The van der Waals surface area contributed by atoms with Crippen molar-refractivity contribution in [1.82, 2.24) is 0 Å². The average Bonchev–Trinajstić information content (AvgIpc) is 2.30. The Bertz CT molecular complexity index is 537. The van der Waals surface area contributed by atoms with E-state index in [1.807, 2.05) is 0 Å². The van der Waals surface area contributed by atoms with Gasteiger partial charge in [-0.3, -0.25) is 4.21 Å². The maximum absolute atomic E-state index is 13.5. The zero-order valence-corrected chi connectivity index (χ0v) is 9.75. The molecule has 0 N–H and O–H groups in total. The third-order valence-corrected chi connectivity index (χ3v) is 2.99. The van der Waals surface area contributed by atoms with Crippen molar-refractivity contribution in [3.8, 4) is 11.1 Å². The topological polar surface area (TPSA) is 40.1 Å². The van der Waals surface area contributed by atoms with E-state index in [-0.39, 0.29) is 11.6 Å². The molecule has 0 saturated heterocycles. The average molecular weight is 249 g/mol. The molecule has 0 aliphatic rings. The molecule has 0 amide bonds. The molecule has 1 atom stereocenters. The third kappa shape index (κ3) is 2.99. The molecule has 2 nitrogen and oxygen atoms in total. The van der Waals surface area contributed by atoms with Crippen molar-refractivity contribution in [2.75, 3.05) is 0 Å². The molecule has 88 valence electrons. The molecule has 0 bridgehead atoms. The van der Waals surface area contributed by atoms with Crippen molar-refractivity contribution in [1.29, 1.82) is 0 Å². The summed E-state index contributed by atoms with van der Waals surface area (Å²) in [5, 5.41) is 0. The van der Waals surface area contributed by atoms with E-state index in [0.29, 0.717) is 11.1 Å². The smallest absolute Gasteiger partial charge is 0.131 e. The van der Waals surface area contributed by atoms with E-state index in [9.17, 15) is 13.2 Å². The van der Waals surface area contributed by atoms with Gasteiger partial charge in [0.25, 0.3) is 0 Å². The summed E-state index contributed by atoms with van der Waals surface area (Å²) in [6, 6.07) is 13.3. The number of halogens is 1. The minimum Gasteiger partial charge on any atom is -0.772 e. The molecule has 0 radical (unpaired) electrons. The van der Waals surface area contributed by atoms with Gasteiger partial charge >= 0.3 is 0 Å². The molecule has 0 aliphatic carbocycles. The molecule has 4 heteroatoms. The van der Waals surface area contributed by atoms with Crippen LogP contribution in [0.25, 0.3) is 11.1 Å². The first kappa shape index (κ1) is 12.0. The van der Waals surface area contributed by atoms with Gasteiger partial charge in [0, 0.05) is 11.3 Å². The fraction of sp³-hybridized carbons (Fsp3) is 0.0769. The van der Waals surface area contributed by atoms with Crippen LogP contribution in [-0.4, -0.2) is 8.76 Å². The summed E-state index contributed by atoms with van der Waals surface area (Å²) in [5.74, 6) is -0.301. The first-order chi connectivity index (χ1) is 8.16. The van der Waals surface area contributed by atoms with Crippen LogP contribution < -0.4 is 0 Å². The number of hydrogen-bond donors (Lipinski definition) is 0. The Morgan fingerprint density at radius 2 is 1.71 bits per heavy atom. The summed E-state index contributed by atoms with van der Waals surface area (Å²) in [6.07, 6.45) is 0. The summed E-state index contributed by atoms with van der Waals surface area (Å²) >= 11 is -2.10. The van der Waals surface area contributed by atoms with Gasteiger partial charge < -0.3 is 4.55 Å². The Kier molecular flexibility index (Phi) is 3.66. The molecule has 2 aromatic carbocycles. The van der Waals surface area contributed by atoms with Crippen LogP contribution in [0.1, 0.15) is 5.56 Å². The van der Waals surface area contributed by atoms with Crippen molar-refractivity contribution in [3.05, 3.63) is 59.9 Å². The molecule has 0 heterocycles. The number of hydrogen-bond acceptors (Lipinski definition) is 2. The monoisotopic (exact) mass is 249 g/mol. The van der Waals surface area contributed by atoms with E-state index in [2.05, 4.69) is 0 Å². The first-order valence-corrected chi connectivity index (χ1v) is 6.31. The van der Waals surface area contributed by atoms with Gasteiger partial charge in [-0.15, -0.1) is 0 Å². The van der Waals surface area contributed by atoms with E-state index in [4.69, 9.17) is 0 Å². The second-order valence-corrected chi connectivity index (χ2v) is 4.52. The van der Waals surface area contributed by atoms with Crippen LogP contribution in [0.5, 0.6) is 0 Å². The van der Waals surface area contributed by atoms with Gasteiger partial charge in [0.1, 0.15) is 5.82 Å². The van der Waals surface area contributed by atoms with Crippen LogP contribution in [0.15, 0.2) is 48.5 Å². The van der Waals surface area contributed by atoms with E-state index in [1.165, 1.54) is 6.07 Å². The molecular formula is C13H10FO2S-. The van der Waals surface area contributed by atoms with Gasteiger partial charge in [0.05, 0.1) is 0 Å². The lowest BCUT2D eigenvalue weighted by atomic mass is 10.0. The van der Waals surface area contributed by atoms with Crippen molar-refractivity contribution in [2.45, 2.75) is 5.75 Å². The predicted octanol–water partition coefficient (Wildman–Crippen LogP) is 2.87. The lowest BCUT2D eigenvalue weighted by Crippen LogP contribution is -1.93. The summed E-state index contributed by atoms with van der Waals surface area (Å²) in [4.78, 5) is 0. The summed E-state index contributed by atoms with van der Waals surface area (Å²) in [7, 11) is 0. The quantitative estimate of drug-likeness (QED) is 0.785. The Morgan fingerprint density at radius 3 is 2.29 bits per heavy atom. The highest BCUT2D eigenvalue weighted by Crippen LogP contribution is 2.22. The molecular weight excluding hydrogens is 239 g/mol. The van der Waals surface area contributed by atoms with Gasteiger partial charge in [0.2, 0.25) is 0 Å². The molecule has 0 saturated carbocycles. The van der Waals surface area contributed by atoms with Crippen LogP contribution in [0.4, 0.5) is 4.39 Å². The molecule has 0 aromatic heterocycles. The van der Waals surface area contributed by atoms with E-state index < -0.39 is 11.1 Å². The van der Waals surface area contributed by atoms with Crippen LogP contribution in [-0.2, 0) is 16.8 Å². The van der Waals surface area contributed by atoms with E-state index >= 15 is 0 Å². The maximum Gasteiger partial charge on any atom is 0.131 e. The Hall–Kier alpha value is -1.52. The molecule has 1 unspecified atom stereocenters. The largest absolute Gasteiger partial charge is 0.772 e. The minimum absolute atomic E-state index is 0.0163. The summed E-state index contributed by atoms with van der Waals surface area (Å²) < 4.78 is 34.5. The first-order valence-electron chi connectivity index (χ1n) is 5.06. The Morgan fingerprint density at radius 1 is 1.06 bits per heavy atom. The molecule has 2 aromatic rings. The van der Waals surface area contributed by atoms with Crippen LogP contribution in [0.3, 0.4) is 0 Å². The Labute approximate surface area is 101 Å². The van der Waals surface area contributed by atoms with Crippen LogP contribution in [0, 0.1) is 5.82 Å². The normalized spacial score (nSPS) is 12.4. The minimum atomic E-state index is -2.10. The number of benzene rings is 2. The highest BCUT2D eigenvalue weighted by Gasteiger charge is 2.03. The molecule has 0 spiro atoms. The fourth-order valence-corrected chi connectivity index (χ4v) is 2.08. The second kappa shape index (κ2) is 5.21. The SMILES string of the molecule is O=S([O-])Cc1ccc(-c2ccccc2F)cc1. The van der Waals surface area contributed by atoms with Crippen molar-refractivity contribution < 1.29 is 13.2 Å². The van der Waals surface area contributed by atoms with E-state index in [0.717, 1.165) is 5.56 Å². The number of rotatable bonds is 3. The van der Waals surface area contributed by atoms with Crippen molar-refractivity contribution in [2.24, 2.45) is 0 Å². The zero-order chi connectivity index (χ0) is 12.3. The van der Waals surface area contributed by atoms with Crippen molar-refractivity contribution >= 4 is 11.1 Å². The molecule has 0 aliphatic heterocycles. The molecule has 2 rings (SSSR count).